The number of azo groups is 1. The smallest absolute Gasteiger partial charge is 0.220 e. The minimum Gasteiger partial charge on any atom is -0.545 e. The Labute approximate surface area is 126 Å². The predicted molar refractivity (Wildman–Crippen MR) is 79.5 cm³/mol. The zero-order valence-electron chi connectivity index (χ0n) is 11.7. The lowest BCUT2D eigenvalue weighted by Gasteiger charge is -2.00. The summed E-state index contributed by atoms with van der Waals surface area (Å²) < 4.78 is 1.63. The Morgan fingerprint density at radius 3 is 2.45 bits per heavy atom. The molecule has 110 valence electrons. The number of hydrogen-bond acceptors (Lipinski definition) is 5. The van der Waals surface area contributed by atoms with Gasteiger partial charge in [-0.3, -0.25) is 0 Å². The molecular formula is C16H12N3O3-. The minimum absolute atomic E-state index is 0.0244. The number of hydrogen-bond donors (Lipinski definition) is 1. The molecule has 0 saturated carbocycles. The summed E-state index contributed by atoms with van der Waals surface area (Å²) in [5.74, 6) is -1.22. The van der Waals surface area contributed by atoms with Gasteiger partial charge in [-0.1, -0.05) is 30.3 Å². The number of para-hydroxylation sites is 1. The van der Waals surface area contributed by atoms with Gasteiger partial charge in [0.05, 0.1) is 17.2 Å². The molecule has 6 heteroatoms. The van der Waals surface area contributed by atoms with Crippen LogP contribution in [0, 0.1) is 0 Å². The third kappa shape index (κ3) is 2.31. The zero-order valence-corrected chi connectivity index (χ0v) is 11.7. The Kier molecular flexibility index (Phi) is 3.34. The van der Waals surface area contributed by atoms with Crippen LogP contribution in [0.15, 0.2) is 58.8 Å². The lowest BCUT2D eigenvalue weighted by atomic mass is 10.2. The van der Waals surface area contributed by atoms with E-state index in [1.165, 1.54) is 24.3 Å². The van der Waals surface area contributed by atoms with Crippen LogP contribution in [0.25, 0.3) is 10.9 Å². The highest BCUT2D eigenvalue weighted by Crippen LogP contribution is 2.38. The molecule has 0 saturated heterocycles. The van der Waals surface area contributed by atoms with Crippen molar-refractivity contribution in [3.63, 3.8) is 0 Å². The second-order valence-electron chi connectivity index (χ2n) is 4.78. The lowest BCUT2D eigenvalue weighted by molar-refractivity contribution is -0.255. The third-order valence-corrected chi connectivity index (χ3v) is 3.42. The van der Waals surface area contributed by atoms with Gasteiger partial charge in [0.1, 0.15) is 0 Å². The first-order valence-electron chi connectivity index (χ1n) is 6.57. The van der Waals surface area contributed by atoms with Gasteiger partial charge in [0.2, 0.25) is 5.88 Å². The number of carbonyl (C=O) groups is 1. The van der Waals surface area contributed by atoms with Crippen molar-refractivity contribution in [3.8, 4) is 5.88 Å². The molecular weight excluding hydrogens is 282 g/mol. The zero-order chi connectivity index (χ0) is 15.7. The third-order valence-electron chi connectivity index (χ3n) is 3.42. The fourth-order valence-electron chi connectivity index (χ4n) is 2.23. The van der Waals surface area contributed by atoms with Crippen LogP contribution in [0.5, 0.6) is 5.88 Å². The van der Waals surface area contributed by atoms with Crippen molar-refractivity contribution in [3.05, 3.63) is 54.1 Å². The van der Waals surface area contributed by atoms with E-state index in [2.05, 4.69) is 10.2 Å². The van der Waals surface area contributed by atoms with Gasteiger partial charge in [-0.25, -0.2) is 0 Å². The van der Waals surface area contributed by atoms with Gasteiger partial charge in [-0.2, -0.15) is 5.11 Å². The van der Waals surface area contributed by atoms with E-state index in [0.717, 1.165) is 10.9 Å². The van der Waals surface area contributed by atoms with Gasteiger partial charge in [-0.05, 0) is 23.8 Å². The lowest BCUT2D eigenvalue weighted by Crippen LogP contribution is -2.21. The number of benzene rings is 2. The van der Waals surface area contributed by atoms with E-state index in [9.17, 15) is 15.0 Å². The number of aryl methyl sites for hydroxylation is 1. The Balaban J connectivity index is 1.99. The number of carbonyl (C=O) groups excluding carboxylic acids is 1. The summed E-state index contributed by atoms with van der Waals surface area (Å²) in [5.41, 5.74) is 1.78. The van der Waals surface area contributed by atoms with Crippen molar-refractivity contribution in [1.82, 2.24) is 4.57 Å². The monoisotopic (exact) mass is 294 g/mol. The fraction of sp³-hybridized carbons (Fsp3) is 0.0625. The molecule has 0 amide bonds. The Hall–Kier alpha value is -3.15. The summed E-state index contributed by atoms with van der Waals surface area (Å²) in [6.45, 7) is 0. The van der Waals surface area contributed by atoms with E-state index in [4.69, 9.17) is 0 Å². The van der Waals surface area contributed by atoms with Crippen molar-refractivity contribution in [2.24, 2.45) is 17.3 Å². The van der Waals surface area contributed by atoms with E-state index in [-0.39, 0.29) is 11.4 Å². The SMILES string of the molecule is Cn1c(O)c(N=Nc2ccc(C(=O)[O-])cc2)c2ccccc21. The number of carboxylic acid groups (broad SMARTS) is 1. The Bertz CT molecular complexity index is 880. The molecule has 3 aromatic rings. The van der Waals surface area contributed by atoms with Crippen LogP contribution in [-0.4, -0.2) is 15.6 Å². The van der Waals surface area contributed by atoms with Crippen LogP contribution >= 0.6 is 0 Å². The van der Waals surface area contributed by atoms with Crippen molar-refractivity contribution >= 4 is 28.2 Å². The Morgan fingerprint density at radius 1 is 1.09 bits per heavy atom. The summed E-state index contributed by atoms with van der Waals surface area (Å²) >= 11 is 0. The highest BCUT2D eigenvalue weighted by Gasteiger charge is 2.13. The number of aromatic carboxylic acids is 1. The van der Waals surface area contributed by atoms with E-state index in [1.807, 2.05) is 24.3 Å². The number of aromatic nitrogens is 1. The average molecular weight is 294 g/mol. The molecule has 0 bridgehead atoms. The van der Waals surface area contributed by atoms with Gasteiger partial charge in [0.15, 0.2) is 5.69 Å². The maximum atomic E-state index is 10.7. The molecule has 0 unspecified atom stereocenters. The molecule has 1 aromatic heterocycles. The van der Waals surface area contributed by atoms with Gasteiger partial charge in [0, 0.05) is 12.4 Å². The first-order valence-corrected chi connectivity index (χ1v) is 6.57. The molecule has 3 rings (SSSR count). The molecule has 2 aromatic carbocycles. The summed E-state index contributed by atoms with van der Waals surface area (Å²) in [7, 11) is 1.74. The normalized spacial score (nSPS) is 11.3. The standard InChI is InChI=1S/C16H13N3O3/c1-19-13-5-3-2-4-12(13)14(15(19)20)18-17-11-8-6-10(7-9-11)16(21)22/h2-9,20H,1H3,(H,21,22)/p-1. The molecule has 6 nitrogen and oxygen atoms in total. The number of nitrogens with zero attached hydrogens (tertiary/aromatic N) is 3. The maximum absolute atomic E-state index is 10.7. The van der Waals surface area contributed by atoms with Crippen molar-refractivity contribution in [2.75, 3.05) is 0 Å². The van der Waals surface area contributed by atoms with E-state index >= 15 is 0 Å². The number of aromatic hydroxyl groups is 1. The maximum Gasteiger partial charge on any atom is 0.220 e. The molecule has 0 aliphatic heterocycles. The van der Waals surface area contributed by atoms with Crippen LogP contribution < -0.4 is 5.11 Å². The topological polar surface area (TPSA) is 90.0 Å². The molecule has 0 radical (unpaired) electrons. The molecule has 22 heavy (non-hydrogen) atoms. The molecule has 0 fully saturated rings. The van der Waals surface area contributed by atoms with Crippen LogP contribution in [0.2, 0.25) is 0 Å². The highest BCUT2D eigenvalue weighted by atomic mass is 16.4. The summed E-state index contributed by atoms with van der Waals surface area (Å²) in [4.78, 5) is 10.7. The molecule has 0 atom stereocenters. The van der Waals surface area contributed by atoms with Gasteiger partial charge in [-0.15, -0.1) is 5.11 Å². The second kappa shape index (κ2) is 5.33. The number of fused-ring (bicyclic) bond motifs is 1. The molecule has 0 spiro atoms. The van der Waals surface area contributed by atoms with Crippen molar-refractivity contribution < 1.29 is 15.0 Å². The van der Waals surface area contributed by atoms with Crippen molar-refractivity contribution in [1.29, 1.82) is 0 Å². The molecule has 1 N–H and O–H groups in total. The van der Waals surface area contributed by atoms with Crippen LogP contribution in [-0.2, 0) is 7.05 Å². The first-order chi connectivity index (χ1) is 10.6. The number of carboxylic acids is 1. The largest absolute Gasteiger partial charge is 0.545 e. The van der Waals surface area contributed by atoms with Gasteiger partial charge < -0.3 is 19.6 Å². The van der Waals surface area contributed by atoms with E-state index < -0.39 is 5.97 Å². The first kappa shape index (κ1) is 13.8. The quantitative estimate of drug-likeness (QED) is 0.753. The highest BCUT2D eigenvalue weighted by molar-refractivity contribution is 5.94. The second-order valence-corrected chi connectivity index (χ2v) is 4.78. The van der Waals surface area contributed by atoms with E-state index in [1.54, 1.807) is 11.6 Å². The van der Waals surface area contributed by atoms with Crippen LogP contribution in [0.1, 0.15) is 10.4 Å². The van der Waals surface area contributed by atoms with Gasteiger partial charge in [0.25, 0.3) is 0 Å². The minimum atomic E-state index is -1.24. The number of rotatable bonds is 3. The fourth-order valence-corrected chi connectivity index (χ4v) is 2.23. The molecule has 0 aliphatic carbocycles. The molecule has 0 aliphatic rings. The summed E-state index contributed by atoms with van der Waals surface area (Å²) in [6, 6.07) is 13.3. The summed E-state index contributed by atoms with van der Waals surface area (Å²) in [5, 5.41) is 29.7. The predicted octanol–water partition coefficient (Wildman–Crippen LogP) is 2.66. The van der Waals surface area contributed by atoms with Crippen LogP contribution in [0.4, 0.5) is 11.4 Å². The average Bonchev–Trinajstić information content (AvgIpc) is 2.78. The summed E-state index contributed by atoms with van der Waals surface area (Å²) in [6.07, 6.45) is 0. The van der Waals surface area contributed by atoms with Crippen molar-refractivity contribution in [2.45, 2.75) is 0 Å². The van der Waals surface area contributed by atoms with Gasteiger partial charge >= 0.3 is 0 Å². The Morgan fingerprint density at radius 2 is 1.77 bits per heavy atom. The van der Waals surface area contributed by atoms with Crippen LogP contribution in [0.3, 0.4) is 0 Å². The molecule has 1 heterocycles. The van der Waals surface area contributed by atoms with E-state index in [0.29, 0.717) is 11.4 Å².